The smallest absolute Gasteiger partial charge is 0.305 e. The van der Waals surface area contributed by atoms with Crippen LogP contribution in [0.15, 0.2) is 0 Å². The van der Waals surface area contributed by atoms with Crippen molar-refractivity contribution >= 4 is 18.2 Å². The molecule has 1 amide bonds. The van der Waals surface area contributed by atoms with E-state index in [9.17, 15) is 14.4 Å². The number of amides is 1. The molecule has 5 nitrogen and oxygen atoms in total. The van der Waals surface area contributed by atoms with Gasteiger partial charge in [0.1, 0.15) is 6.29 Å². The second-order valence-corrected chi connectivity index (χ2v) is 5.15. The van der Waals surface area contributed by atoms with Crippen LogP contribution in [0.25, 0.3) is 0 Å². The predicted octanol–water partition coefficient (Wildman–Crippen LogP) is 2.08. The highest BCUT2D eigenvalue weighted by Gasteiger charge is 2.25. The van der Waals surface area contributed by atoms with Crippen LogP contribution >= 0.6 is 0 Å². The zero-order chi connectivity index (χ0) is 14.8. The Morgan fingerprint density at radius 3 is 2.65 bits per heavy atom. The second kappa shape index (κ2) is 9.50. The van der Waals surface area contributed by atoms with Crippen LogP contribution in [-0.4, -0.2) is 42.3 Å². The molecule has 0 spiro atoms. The first-order chi connectivity index (χ1) is 9.69. The van der Waals surface area contributed by atoms with E-state index in [0.29, 0.717) is 26.0 Å². The van der Waals surface area contributed by atoms with Gasteiger partial charge < -0.3 is 14.4 Å². The molecule has 114 valence electrons. The first kappa shape index (κ1) is 16.7. The van der Waals surface area contributed by atoms with E-state index in [1.54, 1.807) is 11.8 Å². The van der Waals surface area contributed by atoms with Gasteiger partial charge in [-0.05, 0) is 39.0 Å². The number of unbranched alkanes of at least 4 members (excludes halogenated alkanes) is 2. The lowest BCUT2D eigenvalue weighted by atomic mass is 10.0. The first-order valence-electron chi connectivity index (χ1n) is 7.59. The van der Waals surface area contributed by atoms with Gasteiger partial charge in [0.05, 0.1) is 12.6 Å². The third-order valence-corrected chi connectivity index (χ3v) is 3.60. The molecule has 0 N–H and O–H groups in total. The maximum atomic E-state index is 12.0. The Balaban J connectivity index is 2.16. The summed E-state index contributed by atoms with van der Waals surface area (Å²) in [6.45, 7) is 2.91. The number of hydrogen-bond acceptors (Lipinski definition) is 4. The zero-order valence-corrected chi connectivity index (χ0v) is 12.3. The lowest BCUT2D eigenvalue weighted by Gasteiger charge is -2.32. The monoisotopic (exact) mass is 283 g/mol. The van der Waals surface area contributed by atoms with E-state index >= 15 is 0 Å². The van der Waals surface area contributed by atoms with E-state index in [2.05, 4.69) is 0 Å². The summed E-state index contributed by atoms with van der Waals surface area (Å²) in [4.78, 5) is 35.8. The van der Waals surface area contributed by atoms with Gasteiger partial charge in [-0.25, -0.2) is 0 Å². The molecular formula is C15H25NO4. The summed E-state index contributed by atoms with van der Waals surface area (Å²) in [5.41, 5.74) is 0. The average Bonchev–Trinajstić information content (AvgIpc) is 2.47. The minimum absolute atomic E-state index is 0.0675. The maximum absolute atomic E-state index is 12.0. The largest absolute Gasteiger partial charge is 0.466 e. The SMILES string of the molecule is CCOC(=O)CCCCCC(=O)N1CCCCC1C=O. The molecule has 1 atom stereocenters. The molecule has 1 fully saturated rings. The first-order valence-corrected chi connectivity index (χ1v) is 7.59. The van der Waals surface area contributed by atoms with Gasteiger partial charge in [0.15, 0.2) is 0 Å². The molecule has 1 unspecified atom stereocenters. The summed E-state index contributed by atoms with van der Waals surface area (Å²) in [5, 5.41) is 0. The van der Waals surface area contributed by atoms with Gasteiger partial charge in [-0.15, -0.1) is 0 Å². The van der Waals surface area contributed by atoms with Crippen LogP contribution < -0.4 is 0 Å². The summed E-state index contributed by atoms with van der Waals surface area (Å²) < 4.78 is 4.84. The highest BCUT2D eigenvalue weighted by molar-refractivity contribution is 5.80. The summed E-state index contributed by atoms with van der Waals surface area (Å²) in [6, 6.07) is -0.226. The van der Waals surface area contributed by atoms with E-state index in [4.69, 9.17) is 4.74 Å². The predicted molar refractivity (Wildman–Crippen MR) is 75.1 cm³/mol. The fraction of sp³-hybridized carbons (Fsp3) is 0.800. The van der Waals surface area contributed by atoms with Crippen molar-refractivity contribution in [2.24, 2.45) is 0 Å². The lowest BCUT2D eigenvalue weighted by Crippen LogP contribution is -2.44. The normalized spacial score (nSPS) is 18.6. The Kier molecular flexibility index (Phi) is 7.92. The van der Waals surface area contributed by atoms with Gasteiger partial charge in [0.2, 0.25) is 5.91 Å². The minimum Gasteiger partial charge on any atom is -0.466 e. The Bertz CT molecular complexity index is 330. The number of hydrogen-bond donors (Lipinski definition) is 0. The van der Waals surface area contributed by atoms with E-state index in [-0.39, 0.29) is 17.9 Å². The van der Waals surface area contributed by atoms with Crippen molar-refractivity contribution in [1.29, 1.82) is 0 Å². The number of esters is 1. The Morgan fingerprint density at radius 1 is 1.20 bits per heavy atom. The zero-order valence-electron chi connectivity index (χ0n) is 12.3. The minimum atomic E-state index is -0.226. The quantitative estimate of drug-likeness (QED) is 0.389. The van der Waals surface area contributed by atoms with E-state index in [1.807, 2.05) is 0 Å². The van der Waals surface area contributed by atoms with Crippen LogP contribution in [0, 0.1) is 0 Å². The fourth-order valence-electron chi connectivity index (χ4n) is 2.51. The third kappa shape index (κ3) is 5.72. The van der Waals surface area contributed by atoms with Gasteiger partial charge in [0, 0.05) is 19.4 Å². The van der Waals surface area contributed by atoms with Crippen LogP contribution in [0.2, 0.25) is 0 Å². The summed E-state index contributed by atoms with van der Waals surface area (Å²) in [5.74, 6) is -0.103. The van der Waals surface area contributed by atoms with Gasteiger partial charge in [-0.3, -0.25) is 9.59 Å². The molecule has 1 saturated heterocycles. The number of rotatable bonds is 8. The molecule has 0 aromatic carbocycles. The molecule has 5 heteroatoms. The molecule has 20 heavy (non-hydrogen) atoms. The molecule has 0 aromatic rings. The van der Waals surface area contributed by atoms with Crippen LogP contribution in [0.4, 0.5) is 0 Å². The highest BCUT2D eigenvalue weighted by atomic mass is 16.5. The van der Waals surface area contributed by atoms with Crippen molar-refractivity contribution in [3.05, 3.63) is 0 Å². The van der Waals surface area contributed by atoms with Gasteiger partial charge in [-0.1, -0.05) is 6.42 Å². The van der Waals surface area contributed by atoms with Gasteiger partial charge >= 0.3 is 5.97 Å². The molecule has 1 aliphatic heterocycles. The molecule has 0 radical (unpaired) electrons. The van der Waals surface area contributed by atoms with E-state index < -0.39 is 0 Å². The molecule has 0 bridgehead atoms. The highest BCUT2D eigenvalue weighted by Crippen LogP contribution is 2.17. The van der Waals surface area contributed by atoms with Crippen molar-refractivity contribution in [2.75, 3.05) is 13.2 Å². The van der Waals surface area contributed by atoms with E-state index in [0.717, 1.165) is 44.8 Å². The van der Waals surface area contributed by atoms with Crippen LogP contribution in [0.5, 0.6) is 0 Å². The number of nitrogens with zero attached hydrogens (tertiary/aromatic N) is 1. The molecule has 0 saturated carbocycles. The third-order valence-electron chi connectivity index (χ3n) is 3.60. The topological polar surface area (TPSA) is 63.7 Å². The van der Waals surface area contributed by atoms with Crippen molar-refractivity contribution in [3.63, 3.8) is 0 Å². The van der Waals surface area contributed by atoms with Crippen molar-refractivity contribution in [3.8, 4) is 0 Å². The summed E-state index contributed by atoms with van der Waals surface area (Å²) in [6.07, 6.45) is 6.92. The van der Waals surface area contributed by atoms with Gasteiger partial charge in [0.25, 0.3) is 0 Å². The maximum Gasteiger partial charge on any atom is 0.305 e. The molecular weight excluding hydrogens is 258 g/mol. The molecule has 1 heterocycles. The van der Waals surface area contributed by atoms with Crippen LogP contribution in [-0.2, 0) is 19.1 Å². The fourth-order valence-corrected chi connectivity index (χ4v) is 2.51. The Hall–Kier alpha value is -1.39. The standard InChI is InChI=1S/C15H25NO4/c1-2-20-15(19)10-5-3-4-9-14(18)16-11-7-6-8-13(16)12-17/h12-13H,2-11H2,1H3. The number of carbonyl (C=O) groups is 3. The number of likely N-dealkylation sites (tertiary alicyclic amines) is 1. The second-order valence-electron chi connectivity index (χ2n) is 5.15. The lowest BCUT2D eigenvalue weighted by molar-refractivity contribution is -0.143. The molecule has 1 rings (SSSR count). The Morgan fingerprint density at radius 2 is 1.95 bits per heavy atom. The van der Waals surface area contributed by atoms with Crippen molar-refractivity contribution in [1.82, 2.24) is 4.90 Å². The number of ether oxygens (including phenoxy) is 1. The van der Waals surface area contributed by atoms with E-state index in [1.165, 1.54) is 0 Å². The van der Waals surface area contributed by atoms with Crippen LogP contribution in [0.1, 0.15) is 58.3 Å². The average molecular weight is 283 g/mol. The van der Waals surface area contributed by atoms with Gasteiger partial charge in [-0.2, -0.15) is 0 Å². The van der Waals surface area contributed by atoms with Crippen LogP contribution in [0.3, 0.4) is 0 Å². The Labute approximate surface area is 120 Å². The molecule has 0 aromatic heterocycles. The van der Waals surface area contributed by atoms with Crippen molar-refractivity contribution < 1.29 is 19.1 Å². The summed E-state index contributed by atoms with van der Waals surface area (Å²) >= 11 is 0. The number of piperidine rings is 1. The number of aldehydes is 1. The molecule has 0 aliphatic carbocycles. The molecule has 1 aliphatic rings. The number of carbonyl (C=O) groups excluding carboxylic acids is 3. The van der Waals surface area contributed by atoms with Crippen molar-refractivity contribution in [2.45, 2.75) is 64.3 Å². The summed E-state index contributed by atoms with van der Waals surface area (Å²) in [7, 11) is 0.